The van der Waals surface area contributed by atoms with Gasteiger partial charge in [-0.15, -0.1) is 0 Å². The normalized spacial score (nSPS) is 21.1. The molecular formula is C11H15BrN2. The molecule has 1 atom stereocenters. The first-order valence-corrected chi connectivity index (χ1v) is 5.87. The van der Waals surface area contributed by atoms with Gasteiger partial charge in [0, 0.05) is 22.7 Å². The third kappa shape index (κ3) is 2.72. The summed E-state index contributed by atoms with van der Waals surface area (Å²) in [5.41, 5.74) is 1.20. The van der Waals surface area contributed by atoms with Crippen molar-refractivity contribution in [1.82, 2.24) is 5.32 Å². The summed E-state index contributed by atoms with van der Waals surface area (Å²) in [5.74, 6) is 0. The Kier molecular flexibility index (Phi) is 3.43. The van der Waals surface area contributed by atoms with E-state index in [1.54, 1.807) is 0 Å². The molecule has 0 spiro atoms. The van der Waals surface area contributed by atoms with Crippen LogP contribution in [0.25, 0.3) is 0 Å². The van der Waals surface area contributed by atoms with Gasteiger partial charge in [-0.1, -0.05) is 15.9 Å². The molecule has 1 aliphatic rings. The van der Waals surface area contributed by atoms with Crippen LogP contribution in [0.15, 0.2) is 28.7 Å². The molecule has 1 fully saturated rings. The van der Waals surface area contributed by atoms with Gasteiger partial charge in [0.25, 0.3) is 0 Å². The Hall–Kier alpha value is -0.540. The lowest BCUT2D eigenvalue weighted by Gasteiger charge is -2.12. The Bertz CT molecular complexity index is 278. The SMILES string of the molecule is Brc1ccc(NC[C@H]2CCCN2)cc1. The summed E-state index contributed by atoms with van der Waals surface area (Å²) >= 11 is 3.42. The van der Waals surface area contributed by atoms with E-state index in [9.17, 15) is 0 Å². The first-order valence-electron chi connectivity index (χ1n) is 5.07. The molecule has 2 N–H and O–H groups in total. The maximum absolute atomic E-state index is 3.47. The van der Waals surface area contributed by atoms with Crippen LogP contribution >= 0.6 is 15.9 Å². The molecule has 76 valence electrons. The topological polar surface area (TPSA) is 24.1 Å². The fraction of sp³-hybridized carbons (Fsp3) is 0.455. The van der Waals surface area contributed by atoms with E-state index in [2.05, 4.69) is 50.8 Å². The summed E-state index contributed by atoms with van der Waals surface area (Å²) in [5, 5.41) is 6.90. The summed E-state index contributed by atoms with van der Waals surface area (Å²) in [4.78, 5) is 0. The van der Waals surface area contributed by atoms with Crippen LogP contribution in [0.2, 0.25) is 0 Å². The van der Waals surface area contributed by atoms with Crippen LogP contribution < -0.4 is 10.6 Å². The zero-order valence-electron chi connectivity index (χ0n) is 8.09. The minimum Gasteiger partial charge on any atom is -0.383 e. The molecule has 0 saturated carbocycles. The lowest BCUT2D eigenvalue weighted by atomic mass is 10.2. The first-order chi connectivity index (χ1) is 6.84. The van der Waals surface area contributed by atoms with Crippen LogP contribution in [-0.2, 0) is 0 Å². The van der Waals surface area contributed by atoms with E-state index in [1.807, 2.05) is 0 Å². The predicted molar refractivity (Wildman–Crippen MR) is 63.7 cm³/mol. The molecule has 0 radical (unpaired) electrons. The minimum absolute atomic E-state index is 0.652. The number of hydrogen-bond acceptors (Lipinski definition) is 2. The fourth-order valence-electron chi connectivity index (χ4n) is 1.74. The Morgan fingerprint density at radius 2 is 2.14 bits per heavy atom. The van der Waals surface area contributed by atoms with Crippen molar-refractivity contribution in [3.05, 3.63) is 28.7 Å². The van der Waals surface area contributed by atoms with Crippen LogP contribution in [0.1, 0.15) is 12.8 Å². The van der Waals surface area contributed by atoms with Gasteiger partial charge in [0.05, 0.1) is 0 Å². The minimum atomic E-state index is 0.652. The Balaban J connectivity index is 1.82. The highest BCUT2D eigenvalue weighted by molar-refractivity contribution is 9.10. The number of nitrogens with one attached hydrogen (secondary N) is 2. The molecule has 1 heterocycles. The molecule has 2 rings (SSSR count). The van der Waals surface area contributed by atoms with Gasteiger partial charge in [-0.05, 0) is 43.7 Å². The van der Waals surface area contributed by atoms with Crippen LogP contribution in [0.4, 0.5) is 5.69 Å². The monoisotopic (exact) mass is 254 g/mol. The molecule has 0 amide bonds. The Morgan fingerprint density at radius 3 is 2.79 bits per heavy atom. The van der Waals surface area contributed by atoms with Crippen molar-refractivity contribution in [3.8, 4) is 0 Å². The third-order valence-corrected chi connectivity index (χ3v) is 3.09. The van der Waals surface area contributed by atoms with Gasteiger partial charge in [-0.3, -0.25) is 0 Å². The average molecular weight is 255 g/mol. The predicted octanol–water partition coefficient (Wildman–Crippen LogP) is 2.61. The highest BCUT2D eigenvalue weighted by Gasteiger charge is 2.12. The summed E-state index contributed by atoms with van der Waals surface area (Å²) in [6.07, 6.45) is 2.61. The van der Waals surface area contributed by atoms with Crippen molar-refractivity contribution in [2.45, 2.75) is 18.9 Å². The average Bonchev–Trinajstić information content (AvgIpc) is 2.70. The van der Waals surface area contributed by atoms with E-state index >= 15 is 0 Å². The second kappa shape index (κ2) is 4.80. The molecule has 3 heteroatoms. The standard InChI is InChI=1S/C11H15BrN2/c12-9-3-5-10(6-4-9)14-8-11-2-1-7-13-11/h3-6,11,13-14H,1-2,7-8H2/t11-/m1/s1. The highest BCUT2D eigenvalue weighted by Crippen LogP contribution is 2.14. The zero-order chi connectivity index (χ0) is 9.80. The number of hydrogen-bond donors (Lipinski definition) is 2. The molecule has 1 aromatic rings. The largest absolute Gasteiger partial charge is 0.383 e. The maximum atomic E-state index is 3.47. The molecule has 1 saturated heterocycles. The quantitative estimate of drug-likeness (QED) is 0.867. The first kappa shape index (κ1) is 9.99. The molecule has 1 aromatic carbocycles. The molecule has 0 bridgehead atoms. The summed E-state index contributed by atoms with van der Waals surface area (Å²) in [7, 11) is 0. The Morgan fingerprint density at radius 1 is 1.36 bits per heavy atom. The smallest absolute Gasteiger partial charge is 0.0341 e. The molecule has 0 aliphatic carbocycles. The van der Waals surface area contributed by atoms with Gasteiger partial charge in [0.2, 0.25) is 0 Å². The lowest BCUT2D eigenvalue weighted by Crippen LogP contribution is -2.29. The summed E-state index contributed by atoms with van der Waals surface area (Å²) < 4.78 is 1.13. The van der Waals surface area contributed by atoms with E-state index in [0.717, 1.165) is 11.0 Å². The van der Waals surface area contributed by atoms with E-state index in [-0.39, 0.29) is 0 Å². The number of benzene rings is 1. The van der Waals surface area contributed by atoms with Gasteiger partial charge < -0.3 is 10.6 Å². The highest BCUT2D eigenvalue weighted by atomic mass is 79.9. The second-order valence-electron chi connectivity index (χ2n) is 3.68. The van der Waals surface area contributed by atoms with Crippen LogP contribution in [0.3, 0.4) is 0 Å². The van der Waals surface area contributed by atoms with Gasteiger partial charge in [0.1, 0.15) is 0 Å². The number of rotatable bonds is 3. The zero-order valence-corrected chi connectivity index (χ0v) is 9.68. The van der Waals surface area contributed by atoms with Crippen LogP contribution in [0.5, 0.6) is 0 Å². The molecule has 2 nitrogen and oxygen atoms in total. The van der Waals surface area contributed by atoms with Gasteiger partial charge in [-0.2, -0.15) is 0 Å². The van der Waals surface area contributed by atoms with Crippen molar-refractivity contribution in [3.63, 3.8) is 0 Å². The van der Waals surface area contributed by atoms with E-state index < -0.39 is 0 Å². The summed E-state index contributed by atoms with van der Waals surface area (Å²) in [6.45, 7) is 2.20. The fourth-order valence-corrected chi connectivity index (χ4v) is 2.00. The molecular weight excluding hydrogens is 240 g/mol. The second-order valence-corrected chi connectivity index (χ2v) is 4.60. The van der Waals surface area contributed by atoms with Crippen LogP contribution in [-0.4, -0.2) is 19.1 Å². The van der Waals surface area contributed by atoms with Gasteiger partial charge in [0.15, 0.2) is 0 Å². The number of halogens is 1. The van der Waals surface area contributed by atoms with E-state index in [1.165, 1.54) is 25.1 Å². The van der Waals surface area contributed by atoms with Gasteiger partial charge in [-0.25, -0.2) is 0 Å². The van der Waals surface area contributed by atoms with Crippen LogP contribution in [0, 0.1) is 0 Å². The van der Waals surface area contributed by atoms with Crippen molar-refractivity contribution in [1.29, 1.82) is 0 Å². The van der Waals surface area contributed by atoms with E-state index in [4.69, 9.17) is 0 Å². The van der Waals surface area contributed by atoms with Gasteiger partial charge >= 0.3 is 0 Å². The lowest BCUT2D eigenvalue weighted by molar-refractivity contribution is 0.633. The van der Waals surface area contributed by atoms with Crippen molar-refractivity contribution in [2.75, 3.05) is 18.4 Å². The molecule has 1 aliphatic heterocycles. The van der Waals surface area contributed by atoms with Crippen molar-refractivity contribution >= 4 is 21.6 Å². The maximum Gasteiger partial charge on any atom is 0.0341 e. The third-order valence-electron chi connectivity index (χ3n) is 2.56. The molecule has 14 heavy (non-hydrogen) atoms. The summed E-state index contributed by atoms with van der Waals surface area (Å²) in [6, 6.07) is 8.96. The van der Waals surface area contributed by atoms with Crippen molar-refractivity contribution < 1.29 is 0 Å². The van der Waals surface area contributed by atoms with Crippen molar-refractivity contribution in [2.24, 2.45) is 0 Å². The number of anilines is 1. The Labute approximate surface area is 93.2 Å². The molecule has 0 unspecified atom stereocenters. The van der Waals surface area contributed by atoms with E-state index in [0.29, 0.717) is 6.04 Å². The molecule has 0 aromatic heterocycles.